The number of para-hydroxylation sites is 1. The summed E-state index contributed by atoms with van der Waals surface area (Å²) in [6, 6.07) is 20.2. The molecule has 0 saturated heterocycles. The van der Waals surface area contributed by atoms with Gasteiger partial charge in [-0.2, -0.15) is 0 Å². The molecule has 2 amide bonds. The molecule has 1 unspecified atom stereocenters. The summed E-state index contributed by atoms with van der Waals surface area (Å²) in [5, 5.41) is 3.48. The van der Waals surface area contributed by atoms with Crippen LogP contribution in [0.3, 0.4) is 0 Å². The van der Waals surface area contributed by atoms with Gasteiger partial charge in [0, 0.05) is 23.1 Å². The Balaban J connectivity index is 2.01. The van der Waals surface area contributed by atoms with Crippen molar-refractivity contribution in [2.45, 2.75) is 31.3 Å². The van der Waals surface area contributed by atoms with Crippen molar-refractivity contribution in [3.05, 3.63) is 94.5 Å². The molecule has 0 aliphatic heterocycles. The molecule has 0 bridgehead atoms. The van der Waals surface area contributed by atoms with Crippen LogP contribution in [0.1, 0.15) is 19.4 Å². The van der Waals surface area contributed by atoms with Gasteiger partial charge in [0.1, 0.15) is 12.6 Å². The lowest BCUT2D eigenvalue weighted by Crippen LogP contribution is -2.51. The molecule has 3 aromatic carbocycles. The lowest BCUT2D eigenvalue weighted by molar-refractivity contribution is -0.139. The maximum Gasteiger partial charge on any atom is 0.264 e. The molecule has 0 saturated carbocycles. The number of nitrogens with one attached hydrogen (secondary N) is 1. The van der Waals surface area contributed by atoms with Gasteiger partial charge in [0.25, 0.3) is 10.0 Å². The number of hydrogen-bond donors (Lipinski definition) is 1. The first kappa shape index (κ1) is 27.5. The molecule has 10 heteroatoms. The van der Waals surface area contributed by atoms with Crippen LogP contribution in [0, 0.1) is 0 Å². The van der Waals surface area contributed by atoms with Gasteiger partial charge in [-0.15, -0.1) is 0 Å². The first-order chi connectivity index (χ1) is 17.1. The van der Waals surface area contributed by atoms with Crippen LogP contribution in [0.15, 0.2) is 83.8 Å². The summed E-state index contributed by atoms with van der Waals surface area (Å²) in [6.45, 7) is 3.21. The molecule has 36 heavy (non-hydrogen) atoms. The number of carbonyl (C=O) groups excluding carboxylic acids is 2. The molecular formula is C26H27Cl2N3O4S. The number of amides is 2. The lowest BCUT2D eigenvalue weighted by atomic mass is 10.1. The van der Waals surface area contributed by atoms with Gasteiger partial charge < -0.3 is 10.2 Å². The van der Waals surface area contributed by atoms with E-state index in [4.69, 9.17) is 23.2 Å². The predicted molar refractivity (Wildman–Crippen MR) is 143 cm³/mol. The van der Waals surface area contributed by atoms with E-state index in [-0.39, 0.29) is 17.3 Å². The number of likely N-dealkylation sites (N-methyl/N-ethyl adjacent to an activating group) is 1. The molecule has 7 nitrogen and oxygen atoms in total. The van der Waals surface area contributed by atoms with E-state index < -0.39 is 28.5 Å². The molecule has 0 aliphatic carbocycles. The maximum atomic E-state index is 13.7. The summed E-state index contributed by atoms with van der Waals surface area (Å²) < 4.78 is 28.2. The van der Waals surface area contributed by atoms with Crippen molar-refractivity contribution in [2.75, 3.05) is 17.4 Å². The van der Waals surface area contributed by atoms with Crippen LogP contribution in [0.4, 0.5) is 5.69 Å². The van der Waals surface area contributed by atoms with E-state index in [0.29, 0.717) is 27.8 Å². The van der Waals surface area contributed by atoms with Gasteiger partial charge in [-0.05, 0) is 55.8 Å². The summed E-state index contributed by atoms with van der Waals surface area (Å²) in [7, 11) is -4.08. The second-order valence-electron chi connectivity index (χ2n) is 7.99. The van der Waals surface area contributed by atoms with Crippen molar-refractivity contribution in [2.24, 2.45) is 0 Å². The van der Waals surface area contributed by atoms with Crippen molar-refractivity contribution < 1.29 is 18.0 Å². The number of nitrogens with zero attached hydrogens (tertiary/aromatic N) is 2. The van der Waals surface area contributed by atoms with Crippen molar-refractivity contribution >= 4 is 50.7 Å². The summed E-state index contributed by atoms with van der Waals surface area (Å²) >= 11 is 12.4. The zero-order valence-corrected chi connectivity index (χ0v) is 22.2. The second-order valence-corrected chi connectivity index (χ2v) is 10.7. The molecule has 3 rings (SSSR count). The third-order valence-electron chi connectivity index (χ3n) is 5.53. The highest BCUT2D eigenvalue weighted by atomic mass is 35.5. The number of benzene rings is 3. The van der Waals surface area contributed by atoms with Crippen LogP contribution in [-0.2, 0) is 26.2 Å². The van der Waals surface area contributed by atoms with E-state index in [1.54, 1.807) is 80.6 Å². The van der Waals surface area contributed by atoms with Gasteiger partial charge in [-0.25, -0.2) is 8.42 Å². The Morgan fingerprint density at radius 3 is 2.14 bits per heavy atom. The van der Waals surface area contributed by atoms with E-state index in [2.05, 4.69) is 5.32 Å². The number of sulfonamides is 1. The highest BCUT2D eigenvalue weighted by Crippen LogP contribution is 2.26. The zero-order valence-electron chi connectivity index (χ0n) is 19.9. The molecule has 0 aromatic heterocycles. The van der Waals surface area contributed by atoms with Gasteiger partial charge >= 0.3 is 0 Å². The van der Waals surface area contributed by atoms with Crippen molar-refractivity contribution in [3.63, 3.8) is 0 Å². The predicted octanol–water partition coefficient (Wildman–Crippen LogP) is 4.74. The van der Waals surface area contributed by atoms with Gasteiger partial charge in [0.15, 0.2) is 0 Å². The molecule has 0 heterocycles. The summed E-state index contributed by atoms with van der Waals surface area (Å²) in [4.78, 5) is 27.8. The van der Waals surface area contributed by atoms with Gasteiger partial charge in [0.2, 0.25) is 11.8 Å². The van der Waals surface area contributed by atoms with E-state index in [9.17, 15) is 18.0 Å². The quantitative estimate of drug-likeness (QED) is 0.397. The van der Waals surface area contributed by atoms with Gasteiger partial charge in [0.05, 0.1) is 10.6 Å². The number of anilines is 1. The average Bonchev–Trinajstić information content (AvgIpc) is 2.87. The molecule has 0 radical (unpaired) electrons. The summed E-state index contributed by atoms with van der Waals surface area (Å²) in [6.07, 6.45) is 0. The molecule has 1 N–H and O–H groups in total. The Bertz CT molecular complexity index is 1310. The topological polar surface area (TPSA) is 86.8 Å². The Hall–Kier alpha value is -3.07. The van der Waals surface area contributed by atoms with Crippen LogP contribution in [0.25, 0.3) is 0 Å². The fourth-order valence-electron chi connectivity index (χ4n) is 3.58. The molecule has 3 aromatic rings. The Morgan fingerprint density at radius 1 is 0.944 bits per heavy atom. The number of halogens is 2. The molecule has 0 fully saturated rings. The van der Waals surface area contributed by atoms with Crippen molar-refractivity contribution in [3.8, 4) is 0 Å². The third kappa shape index (κ3) is 6.57. The monoisotopic (exact) mass is 547 g/mol. The highest BCUT2D eigenvalue weighted by Gasteiger charge is 2.32. The van der Waals surface area contributed by atoms with E-state index in [0.717, 1.165) is 4.31 Å². The van der Waals surface area contributed by atoms with E-state index >= 15 is 0 Å². The van der Waals surface area contributed by atoms with Crippen LogP contribution >= 0.6 is 23.2 Å². The van der Waals surface area contributed by atoms with E-state index in [1.807, 2.05) is 0 Å². The second kappa shape index (κ2) is 12.3. The largest absolute Gasteiger partial charge is 0.355 e. The molecule has 1 atom stereocenters. The normalized spacial score (nSPS) is 12.0. The first-order valence-electron chi connectivity index (χ1n) is 11.3. The smallest absolute Gasteiger partial charge is 0.264 e. The number of rotatable bonds is 10. The zero-order chi connectivity index (χ0) is 26.3. The Kier molecular flexibility index (Phi) is 9.37. The van der Waals surface area contributed by atoms with Crippen LogP contribution in [0.5, 0.6) is 0 Å². The van der Waals surface area contributed by atoms with E-state index in [1.165, 1.54) is 17.0 Å². The minimum Gasteiger partial charge on any atom is -0.355 e. The molecular weight excluding hydrogens is 521 g/mol. The minimum absolute atomic E-state index is 0.0127. The van der Waals surface area contributed by atoms with Crippen LogP contribution in [-0.4, -0.2) is 44.3 Å². The van der Waals surface area contributed by atoms with Gasteiger partial charge in [-0.3, -0.25) is 13.9 Å². The minimum atomic E-state index is -4.08. The summed E-state index contributed by atoms with van der Waals surface area (Å²) in [5.41, 5.74) is 0.896. The molecule has 190 valence electrons. The average molecular weight is 548 g/mol. The van der Waals surface area contributed by atoms with Crippen molar-refractivity contribution in [1.82, 2.24) is 10.2 Å². The Morgan fingerprint density at radius 2 is 1.56 bits per heavy atom. The number of hydrogen-bond acceptors (Lipinski definition) is 4. The Labute approximate surface area is 221 Å². The third-order valence-corrected chi connectivity index (χ3v) is 7.90. The van der Waals surface area contributed by atoms with Crippen LogP contribution < -0.4 is 9.62 Å². The van der Waals surface area contributed by atoms with Gasteiger partial charge in [-0.1, -0.05) is 65.7 Å². The maximum absolute atomic E-state index is 13.7. The first-order valence-corrected chi connectivity index (χ1v) is 13.5. The number of carbonyl (C=O) groups is 2. The highest BCUT2D eigenvalue weighted by molar-refractivity contribution is 7.92. The van der Waals surface area contributed by atoms with Crippen LogP contribution in [0.2, 0.25) is 10.0 Å². The fourth-order valence-corrected chi connectivity index (χ4v) is 5.48. The lowest BCUT2D eigenvalue weighted by Gasteiger charge is -2.32. The molecule has 0 spiro atoms. The summed E-state index contributed by atoms with van der Waals surface area (Å²) in [5.74, 6) is -0.934. The van der Waals surface area contributed by atoms with Crippen molar-refractivity contribution in [1.29, 1.82) is 0 Å². The SMILES string of the molecule is CCNC(=O)C(C)N(Cc1ccc(Cl)cc1Cl)C(=O)CN(c1ccccc1)S(=O)(=O)c1ccccc1. The fraction of sp³-hybridized carbons (Fsp3) is 0.231. The molecule has 0 aliphatic rings. The standard InChI is InChI=1S/C26H27Cl2N3O4S/c1-3-29-26(33)19(2)30(17-20-14-15-21(27)16-24(20)28)25(32)18-31(22-10-6-4-7-11-22)36(34,35)23-12-8-5-9-13-23/h4-16,19H,3,17-18H2,1-2H3,(H,29,33).